The van der Waals surface area contributed by atoms with E-state index in [2.05, 4.69) is 22.9 Å². The van der Waals surface area contributed by atoms with Crippen molar-refractivity contribution in [1.29, 1.82) is 0 Å². The highest BCUT2D eigenvalue weighted by Crippen LogP contribution is 2.37. The summed E-state index contributed by atoms with van der Waals surface area (Å²) in [6.45, 7) is 3.77. The molecule has 1 aliphatic heterocycles. The van der Waals surface area contributed by atoms with Crippen LogP contribution in [0, 0.1) is 0 Å². The molecule has 4 nitrogen and oxygen atoms in total. The van der Waals surface area contributed by atoms with Gasteiger partial charge in [-0.05, 0) is 39.9 Å². The minimum Gasteiger partial charge on any atom is -0.384 e. The third-order valence-electron chi connectivity index (χ3n) is 3.25. The first-order chi connectivity index (χ1) is 8.01. The maximum Gasteiger partial charge on any atom is 0.123 e. The fourth-order valence-electron chi connectivity index (χ4n) is 2.41. The van der Waals surface area contributed by atoms with Gasteiger partial charge >= 0.3 is 0 Å². The van der Waals surface area contributed by atoms with Crippen molar-refractivity contribution >= 4 is 5.82 Å². The minimum atomic E-state index is -0.188. The van der Waals surface area contributed by atoms with Crippen LogP contribution in [0.25, 0.3) is 0 Å². The van der Waals surface area contributed by atoms with Crippen LogP contribution >= 0.6 is 0 Å². The maximum absolute atomic E-state index is 5.89. The first-order valence-electron chi connectivity index (χ1n) is 6.06. The number of rotatable bonds is 3. The summed E-state index contributed by atoms with van der Waals surface area (Å²) >= 11 is 0. The Bertz CT molecular complexity index is 398. The van der Waals surface area contributed by atoms with E-state index in [9.17, 15) is 0 Å². The van der Waals surface area contributed by atoms with Crippen LogP contribution in [0.15, 0.2) is 12.1 Å². The van der Waals surface area contributed by atoms with Crippen LogP contribution in [0.5, 0.6) is 0 Å². The second-order valence-corrected chi connectivity index (χ2v) is 5.15. The number of aromatic nitrogens is 1. The highest BCUT2D eigenvalue weighted by Gasteiger charge is 2.34. The van der Waals surface area contributed by atoms with Gasteiger partial charge in [-0.25, -0.2) is 4.98 Å². The molecule has 1 unspecified atom stereocenters. The summed E-state index contributed by atoms with van der Waals surface area (Å²) in [7, 11) is 4.07. The zero-order valence-electron chi connectivity index (χ0n) is 10.9. The van der Waals surface area contributed by atoms with Gasteiger partial charge in [0.2, 0.25) is 0 Å². The Balaban J connectivity index is 2.38. The summed E-state index contributed by atoms with van der Waals surface area (Å²) < 4.78 is 5.89. The van der Waals surface area contributed by atoms with Gasteiger partial charge in [-0.3, -0.25) is 0 Å². The molecule has 1 aromatic rings. The van der Waals surface area contributed by atoms with Crippen LogP contribution in [0.3, 0.4) is 0 Å². The van der Waals surface area contributed by atoms with Gasteiger partial charge in [0.05, 0.1) is 11.3 Å². The molecule has 1 saturated heterocycles. The van der Waals surface area contributed by atoms with E-state index in [4.69, 9.17) is 10.5 Å². The molecule has 0 bridgehead atoms. The highest BCUT2D eigenvalue weighted by atomic mass is 16.5. The Morgan fingerprint density at radius 1 is 1.47 bits per heavy atom. The lowest BCUT2D eigenvalue weighted by Gasteiger charge is -2.27. The van der Waals surface area contributed by atoms with Crippen molar-refractivity contribution in [3.8, 4) is 0 Å². The molecular weight excluding hydrogens is 214 g/mol. The lowest BCUT2D eigenvalue weighted by atomic mass is 9.91. The van der Waals surface area contributed by atoms with Crippen LogP contribution in [0.4, 0.5) is 5.82 Å². The number of anilines is 1. The molecule has 4 heteroatoms. The molecule has 2 N–H and O–H groups in total. The van der Waals surface area contributed by atoms with Crippen LogP contribution in [0.1, 0.15) is 31.0 Å². The Morgan fingerprint density at radius 2 is 2.24 bits per heavy atom. The first kappa shape index (κ1) is 12.3. The number of nitrogens with zero attached hydrogens (tertiary/aromatic N) is 2. The summed E-state index contributed by atoms with van der Waals surface area (Å²) in [4.78, 5) is 6.56. The fourth-order valence-corrected chi connectivity index (χ4v) is 2.41. The van der Waals surface area contributed by atoms with Crippen LogP contribution in [-0.4, -0.2) is 30.6 Å². The molecule has 0 aromatic carbocycles. The number of hydrogen-bond donors (Lipinski definition) is 1. The second-order valence-electron chi connectivity index (χ2n) is 5.15. The van der Waals surface area contributed by atoms with E-state index in [1.54, 1.807) is 0 Å². The van der Waals surface area contributed by atoms with Crippen molar-refractivity contribution in [2.45, 2.75) is 31.9 Å². The summed E-state index contributed by atoms with van der Waals surface area (Å²) in [5, 5.41) is 0. The fraction of sp³-hybridized carbons (Fsp3) is 0.615. The van der Waals surface area contributed by atoms with Gasteiger partial charge in [0.15, 0.2) is 0 Å². The van der Waals surface area contributed by atoms with Gasteiger partial charge < -0.3 is 15.4 Å². The second kappa shape index (κ2) is 4.63. The topological polar surface area (TPSA) is 51.4 Å². The van der Waals surface area contributed by atoms with Gasteiger partial charge in [-0.15, -0.1) is 0 Å². The number of pyridine rings is 1. The van der Waals surface area contributed by atoms with E-state index < -0.39 is 0 Å². The number of ether oxygens (including phenoxy) is 1. The molecule has 1 aliphatic rings. The largest absolute Gasteiger partial charge is 0.384 e. The zero-order chi connectivity index (χ0) is 12.5. The van der Waals surface area contributed by atoms with Crippen molar-refractivity contribution in [1.82, 2.24) is 9.88 Å². The van der Waals surface area contributed by atoms with Gasteiger partial charge in [0.25, 0.3) is 0 Å². The predicted molar refractivity (Wildman–Crippen MR) is 68.6 cm³/mol. The summed E-state index contributed by atoms with van der Waals surface area (Å²) in [6, 6.07) is 3.92. The van der Waals surface area contributed by atoms with Gasteiger partial charge in [-0.2, -0.15) is 0 Å². The molecule has 0 saturated carbocycles. The highest BCUT2D eigenvalue weighted by molar-refractivity contribution is 5.37. The van der Waals surface area contributed by atoms with Crippen molar-refractivity contribution in [2.75, 3.05) is 26.4 Å². The smallest absolute Gasteiger partial charge is 0.123 e. The zero-order valence-corrected chi connectivity index (χ0v) is 10.9. The molecule has 1 fully saturated rings. The molecular formula is C13H21N3O. The lowest BCUT2D eigenvalue weighted by molar-refractivity contribution is 0.0154. The van der Waals surface area contributed by atoms with Crippen molar-refractivity contribution in [3.05, 3.63) is 23.4 Å². The Morgan fingerprint density at radius 3 is 2.82 bits per heavy atom. The van der Waals surface area contributed by atoms with E-state index >= 15 is 0 Å². The first-order valence-corrected chi connectivity index (χ1v) is 6.06. The average Bonchev–Trinajstić information content (AvgIpc) is 2.65. The normalized spacial score (nSPS) is 24.5. The Kier molecular flexibility index (Phi) is 3.35. The monoisotopic (exact) mass is 235 g/mol. The van der Waals surface area contributed by atoms with E-state index in [0.29, 0.717) is 5.82 Å². The number of nitrogens with two attached hydrogens (primary N) is 1. The van der Waals surface area contributed by atoms with E-state index in [0.717, 1.165) is 31.7 Å². The molecule has 1 aromatic heterocycles. The van der Waals surface area contributed by atoms with E-state index in [1.165, 1.54) is 5.56 Å². The predicted octanol–water partition coefficient (Wildman–Crippen LogP) is 1.75. The molecule has 0 spiro atoms. The average molecular weight is 235 g/mol. The van der Waals surface area contributed by atoms with Gasteiger partial charge in [-0.1, -0.05) is 6.07 Å². The van der Waals surface area contributed by atoms with Gasteiger partial charge in [0.1, 0.15) is 5.82 Å². The minimum absolute atomic E-state index is 0.188. The number of nitrogen functional groups attached to an aromatic ring is 1. The summed E-state index contributed by atoms with van der Waals surface area (Å²) in [6.07, 6.45) is 2.17. The van der Waals surface area contributed by atoms with Gasteiger partial charge in [0, 0.05) is 18.7 Å². The molecule has 17 heavy (non-hydrogen) atoms. The van der Waals surface area contributed by atoms with E-state index in [1.807, 2.05) is 20.2 Å². The molecule has 1 atom stereocenters. The molecule has 0 amide bonds. The molecule has 0 aliphatic carbocycles. The third-order valence-corrected chi connectivity index (χ3v) is 3.25. The Hall–Kier alpha value is -1.13. The maximum atomic E-state index is 5.89. The summed E-state index contributed by atoms with van der Waals surface area (Å²) in [5.74, 6) is 0.576. The third kappa shape index (κ3) is 2.58. The molecule has 94 valence electrons. The molecule has 2 rings (SSSR count). The summed E-state index contributed by atoms with van der Waals surface area (Å²) in [5.41, 5.74) is 7.79. The standard InChI is InChI=1S/C13H21N3O/c1-13(7-4-8-17-13)10-5-6-12(14)15-11(10)9-16(2)3/h5-6H,4,7-9H2,1-3H3,(H2,14,15). The van der Waals surface area contributed by atoms with Crippen LogP contribution < -0.4 is 5.73 Å². The lowest BCUT2D eigenvalue weighted by Crippen LogP contribution is -2.25. The Labute approximate surface area is 103 Å². The van der Waals surface area contributed by atoms with Crippen molar-refractivity contribution in [2.24, 2.45) is 0 Å². The molecule has 0 radical (unpaired) electrons. The molecule has 2 heterocycles. The van der Waals surface area contributed by atoms with Crippen molar-refractivity contribution in [3.63, 3.8) is 0 Å². The van der Waals surface area contributed by atoms with Crippen LogP contribution in [0.2, 0.25) is 0 Å². The van der Waals surface area contributed by atoms with Crippen LogP contribution in [-0.2, 0) is 16.9 Å². The SMILES string of the molecule is CN(C)Cc1nc(N)ccc1C1(C)CCCO1. The number of hydrogen-bond acceptors (Lipinski definition) is 4. The van der Waals surface area contributed by atoms with Crippen molar-refractivity contribution < 1.29 is 4.74 Å². The van der Waals surface area contributed by atoms with E-state index in [-0.39, 0.29) is 5.60 Å². The quantitative estimate of drug-likeness (QED) is 0.867.